The summed E-state index contributed by atoms with van der Waals surface area (Å²) < 4.78 is 27.7. The Bertz CT molecular complexity index is 951. The van der Waals surface area contributed by atoms with Gasteiger partial charge < -0.3 is 4.90 Å². The van der Waals surface area contributed by atoms with Crippen LogP contribution < -0.4 is 0 Å². The Morgan fingerprint density at radius 3 is 2.28 bits per heavy atom. The van der Waals surface area contributed by atoms with E-state index in [1.54, 1.807) is 12.1 Å². The highest BCUT2D eigenvalue weighted by Gasteiger charge is 2.28. The van der Waals surface area contributed by atoms with Crippen molar-refractivity contribution in [2.24, 2.45) is 0 Å². The molecule has 1 saturated heterocycles. The zero-order valence-corrected chi connectivity index (χ0v) is 19.2. The van der Waals surface area contributed by atoms with Crippen LogP contribution in [-0.4, -0.2) is 49.7 Å². The van der Waals surface area contributed by atoms with Crippen molar-refractivity contribution in [2.75, 3.05) is 26.2 Å². The number of nitrogens with zero attached hydrogens (tertiary/aromatic N) is 2. The molecular formula is C22H27BrN2O3S. The SMILES string of the molecule is CCN(CC)S(=O)(=O)c1ccc(Br)c(C(=O)N2CCC(c3ccccc3)CC2)c1. The Balaban J connectivity index is 1.78. The first kappa shape index (κ1) is 22.0. The van der Waals surface area contributed by atoms with Crippen molar-refractivity contribution < 1.29 is 13.2 Å². The molecule has 1 heterocycles. The van der Waals surface area contributed by atoms with Gasteiger partial charge in [0, 0.05) is 30.7 Å². The summed E-state index contributed by atoms with van der Waals surface area (Å²) in [5, 5.41) is 0. The highest BCUT2D eigenvalue weighted by atomic mass is 79.9. The summed E-state index contributed by atoms with van der Waals surface area (Å²) >= 11 is 3.43. The molecule has 5 nitrogen and oxygen atoms in total. The van der Waals surface area contributed by atoms with Gasteiger partial charge in [0.2, 0.25) is 10.0 Å². The lowest BCUT2D eigenvalue weighted by molar-refractivity contribution is 0.0712. The maximum atomic E-state index is 13.1. The topological polar surface area (TPSA) is 57.7 Å². The van der Waals surface area contributed by atoms with Crippen molar-refractivity contribution in [3.63, 3.8) is 0 Å². The minimum atomic E-state index is -3.61. The molecular weight excluding hydrogens is 452 g/mol. The van der Waals surface area contributed by atoms with Crippen LogP contribution in [0.1, 0.15) is 48.5 Å². The maximum Gasteiger partial charge on any atom is 0.255 e. The zero-order valence-electron chi connectivity index (χ0n) is 16.8. The lowest BCUT2D eigenvalue weighted by Gasteiger charge is -2.32. The number of sulfonamides is 1. The van der Waals surface area contributed by atoms with Gasteiger partial charge >= 0.3 is 0 Å². The Morgan fingerprint density at radius 1 is 1.07 bits per heavy atom. The van der Waals surface area contributed by atoms with Gasteiger partial charge in [-0.15, -0.1) is 0 Å². The third-order valence-corrected chi connectivity index (χ3v) is 8.30. The normalized spacial score (nSPS) is 15.7. The number of carbonyl (C=O) groups is 1. The van der Waals surface area contributed by atoms with Crippen LogP contribution in [0.3, 0.4) is 0 Å². The molecule has 0 atom stereocenters. The zero-order chi connectivity index (χ0) is 21.0. The van der Waals surface area contributed by atoms with E-state index >= 15 is 0 Å². The molecule has 29 heavy (non-hydrogen) atoms. The Kier molecular flexibility index (Phi) is 7.14. The summed E-state index contributed by atoms with van der Waals surface area (Å²) in [6.45, 7) is 5.73. The lowest BCUT2D eigenvalue weighted by Crippen LogP contribution is -2.38. The molecule has 3 rings (SSSR count). The van der Waals surface area contributed by atoms with Gasteiger partial charge in [0.25, 0.3) is 5.91 Å². The van der Waals surface area contributed by atoms with E-state index in [1.807, 2.05) is 36.9 Å². The number of carbonyl (C=O) groups excluding carboxylic acids is 1. The van der Waals surface area contributed by atoms with Crippen molar-refractivity contribution in [1.82, 2.24) is 9.21 Å². The van der Waals surface area contributed by atoms with Gasteiger partial charge in [0.15, 0.2) is 0 Å². The molecule has 0 N–H and O–H groups in total. The lowest BCUT2D eigenvalue weighted by atomic mass is 9.89. The van der Waals surface area contributed by atoms with E-state index in [9.17, 15) is 13.2 Å². The van der Waals surface area contributed by atoms with Gasteiger partial charge in [-0.3, -0.25) is 4.79 Å². The molecule has 0 saturated carbocycles. The third-order valence-electron chi connectivity index (χ3n) is 5.56. The molecule has 0 spiro atoms. The first-order valence-electron chi connectivity index (χ1n) is 10.0. The minimum absolute atomic E-state index is 0.125. The first-order chi connectivity index (χ1) is 13.9. The summed E-state index contributed by atoms with van der Waals surface area (Å²) in [5.41, 5.74) is 1.71. The first-order valence-corrected chi connectivity index (χ1v) is 12.3. The molecule has 0 aromatic heterocycles. The number of piperidine rings is 1. The standard InChI is InChI=1S/C22H27BrN2O3S/c1-3-25(4-2)29(27,28)19-10-11-21(23)20(16-19)22(26)24-14-12-18(13-15-24)17-8-6-5-7-9-17/h5-11,16,18H,3-4,12-15H2,1-2H3. The maximum absolute atomic E-state index is 13.1. The van der Waals surface area contributed by atoms with Crippen molar-refractivity contribution >= 4 is 31.9 Å². The van der Waals surface area contributed by atoms with E-state index in [-0.39, 0.29) is 10.8 Å². The Labute approximate surface area is 181 Å². The second-order valence-electron chi connectivity index (χ2n) is 7.21. The van der Waals surface area contributed by atoms with Crippen molar-refractivity contribution in [1.29, 1.82) is 0 Å². The van der Waals surface area contributed by atoms with Gasteiger partial charge in [-0.2, -0.15) is 4.31 Å². The highest BCUT2D eigenvalue weighted by Crippen LogP contribution is 2.30. The molecule has 0 unspecified atom stereocenters. The van der Waals surface area contributed by atoms with Crippen LogP contribution in [0, 0.1) is 0 Å². The minimum Gasteiger partial charge on any atom is -0.339 e. The van der Waals surface area contributed by atoms with Gasteiger partial charge in [-0.25, -0.2) is 8.42 Å². The number of rotatable bonds is 6. The Morgan fingerprint density at radius 2 is 1.69 bits per heavy atom. The molecule has 0 radical (unpaired) electrons. The third kappa shape index (κ3) is 4.73. The predicted molar refractivity (Wildman–Crippen MR) is 119 cm³/mol. The molecule has 2 aromatic rings. The van der Waals surface area contributed by atoms with E-state index in [0.29, 0.717) is 42.1 Å². The van der Waals surface area contributed by atoms with Gasteiger partial charge in [-0.1, -0.05) is 44.2 Å². The van der Waals surface area contributed by atoms with Crippen LogP contribution in [0.5, 0.6) is 0 Å². The summed E-state index contributed by atoms with van der Waals surface area (Å²) in [6, 6.07) is 15.1. The number of amides is 1. The summed E-state index contributed by atoms with van der Waals surface area (Å²) in [4.78, 5) is 15.1. The van der Waals surface area contributed by atoms with Gasteiger partial charge in [0.05, 0.1) is 10.5 Å². The molecule has 0 aliphatic carbocycles. The molecule has 1 amide bonds. The smallest absolute Gasteiger partial charge is 0.255 e. The summed E-state index contributed by atoms with van der Waals surface area (Å²) in [7, 11) is -3.61. The molecule has 156 valence electrons. The fraction of sp³-hybridized carbons (Fsp3) is 0.409. The molecule has 1 aliphatic heterocycles. The quantitative estimate of drug-likeness (QED) is 0.613. The second-order valence-corrected chi connectivity index (χ2v) is 10.0. The molecule has 0 bridgehead atoms. The van der Waals surface area contributed by atoms with Crippen LogP contribution in [-0.2, 0) is 10.0 Å². The predicted octanol–water partition coefficient (Wildman–Crippen LogP) is 4.50. The van der Waals surface area contributed by atoms with Crippen molar-refractivity contribution in [3.05, 3.63) is 64.1 Å². The number of likely N-dealkylation sites (tertiary alicyclic amines) is 1. The van der Waals surface area contributed by atoms with Crippen LogP contribution >= 0.6 is 15.9 Å². The van der Waals surface area contributed by atoms with E-state index in [0.717, 1.165) is 12.8 Å². The largest absolute Gasteiger partial charge is 0.339 e. The average Bonchev–Trinajstić information content (AvgIpc) is 2.75. The van der Waals surface area contributed by atoms with Gasteiger partial charge in [0.1, 0.15) is 0 Å². The summed E-state index contributed by atoms with van der Waals surface area (Å²) in [6.07, 6.45) is 1.82. The van der Waals surface area contributed by atoms with E-state index in [1.165, 1.54) is 15.9 Å². The number of benzene rings is 2. The van der Waals surface area contributed by atoms with E-state index < -0.39 is 10.0 Å². The summed E-state index contributed by atoms with van der Waals surface area (Å²) in [5.74, 6) is 0.332. The van der Waals surface area contributed by atoms with Crippen molar-refractivity contribution in [3.8, 4) is 0 Å². The fourth-order valence-electron chi connectivity index (χ4n) is 3.85. The van der Waals surface area contributed by atoms with Crippen LogP contribution in [0.25, 0.3) is 0 Å². The number of hydrogen-bond donors (Lipinski definition) is 0. The van der Waals surface area contributed by atoms with Crippen LogP contribution in [0.15, 0.2) is 57.9 Å². The monoisotopic (exact) mass is 478 g/mol. The molecule has 1 fully saturated rings. The molecule has 1 aliphatic rings. The Hall–Kier alpha value is -1.70. The van der Waals surface area contributed by atoms with Gasteiger partial charge in [-0.05, 0) is 58.5 Å². The van der Waals surface area contributed by atoms with Crippen LogP contribution in [0.4, 0.5) is 0 Å². The fourth-order valence-corrected chi connectivity index (χ4v) is 5.75. The van der Waals surface area contributed by atoms with Crippen LogP contribution in [0.2, 0.25) is 0 Å². The molecule has 2 aromatic carbocycles. The van der Waals surface area contributed by atoms with E-state index in [2.05, 4.69) is 28.1 Å². The highest BCUT2D eigenvalue weighted by molar-refractivity contribution is 9.10. The number of halogens is 1. The number of hydrogen-bond acceptors (Lipinski definition) is 3. The average molecular weight is 479 g/mol. The van der Waals surface area contributed by atoms with E-state index in [4.69, 9.17) is 0 Å². The molecule has 7 heteroatoms. The van der Waals surface area contributed by atoms with Crippen molar-refractivity contribution in [2.45, 2.75) is 37.5 Å². The second kappa shape index (κ2) is 9.41.